The first-order chi connectivity index (χ1) is 45.9. The number of unbranched alkanes of at least 4 members (excludes halogenated alkanes) is 44. The molecule has 0 bridgehead atoms. The first-order valence-electron chi connectivity index (χ1n) is 39.5. The van der Waals surface area contributed by atoms with Crippen molar-refractivity contribution < 1.29 is 80.2 Å². The van der Waals surface area contributed by atoms with Crippen molar-refractivity contribution in [2.75, 3.05) is 39.6 Å². The van der Waals surface area contributed by atoms with Gasteiger partial charge in [0.15, 0.2) is 12.2 Å². The summed E-state index contributed by atoms with van der Waals surface area (Å²) in [5.41, 5.74) is 0. The molecule has 0 radical (unpaired) electrons. The average molecular weight is 1400 g/mol. The van der Waals surface area contributed by atoms with Gasteiger partial charge >= 0.3 is 39.5 Å². The standard InChI is InChI=1S/C76H148O17P2/c1-7-10-12-14-16-18-20-22-23-24-25-27-29-35-43-49-55-61-76(81)92-71(64-86-73(78)58-52-46-40-33-31-30-32-38-44-50-56-68(4)5)66-90-94(82,83)88-62-70(77)63-89-95(84,85)91-67-72(65-87-74(79)59-53-47-41-37-36-39-45-51-57-69(6)9-3)93-75(80)60-54-48-42-34-28-26-21-19-17-15-13-11-8-2/h68-72,77H,7-67H2,1-6H3,(H,82,83)(H,84,85)/t69?,70-,71-,72-/m1/s1. The van der Waals surface area contributed by atoms with E-state index in [-0.39, 0.29) is 25.7 Å². The Balaban J connectivity index is 5.26. The number of hydrogen-bond acceptors (Lipinski definition) is 15. The lowest BCUT2D eigenvalue weighted by molar-refractivity contribution is -0.161. The maximum absolute atomic E-state index is 13.1. The fourth-order valence-electron chi connectivity index (χ4n) is 11.6. The Bertz CT molecular complexity index is 1840. The first-order valence-corrected chi connectivity index (χ1v) is 42.5. The SMILES string of the molecule is CCCCCCCCCCCCCCCCCCCC(=O)O[C@H](COC(=O)CCCCCCCCCCCCC(C)C)COP(=O)(O)OC[C@@H](O)COP(=O)(O)OC[C@@H](COC(=O)CCCCCCCCCCC(C)CC)OC(=O)CCCCCCCCCCCCCCC. The van der Waals surface area contributed by atoms with Crippen LogP contribution < -0.4 is 0 Å². The molecule has 17 nitrogen and oxygen atoms in total. The largest absolute Gasteiger partial charge is 0.472 e. The van der Waals surface area contributed by atoms with Gasteiger partial charge in [-0.25, -0.2) is 9.13 Å². The smallest absolute Gasteiger partial charge is 0.462 e. The van der Waals surface area contributed by atoms with Crippen molar-refractivity contribution in [3.63, 3.8) is 0 Å². The van der Waals surface area contributed by atoms with Gasteiger partial charge in [-0.2, -0.15) is 0 Å². The van der Waals surface area contributed by atoms with Crippen LogP contribution in [-0.2, 0) is 65.4 Å². The molecule has 0 aromatic carbocycles. The van der Waals surface area contributed by atoms with E-state index in [1.807, 2.05) is 0 Å². The Labute approximate surface area is 581 Å². The van der Waals surface area contributed by atoms with Crippen LogP contribution in [0.2, 0.25) is 0 Å². The van der Waals surface area contributed by atoms with Crippen LogP contribution in [0.4, 0.5) is 0 Å². The summed E-state index contributed by atoms with van der Waals surface area (Å²) in [4.78, 5) is 72.8. The number of carbonyl (C=O) groups is 4. The van der Waals surface area contributed by atoms with E-state index in [2.05, 4.69) is 41.5 Å². The molecular weight excluding hydrogens is 1250 g/mol. The number of phosphoric acid groups is 2. The molecule has 0 aromatic rings. The van der Waals surface area contributed by atoms with Crippen LogP contribution in [0.5, 0.6) is 0 Å². The van der Waals surface area contributed by atoms with Crippen LogP contribution in [0.3, 0.4) is 0 Å². The molecule has 0 saturated carbocycles. The topological polar surface area (TPSA) is 237 Å². The highest BCUT2D eigenvalue weighted by molar-refractivity contribution is 7.47. The summed E-state index contributed by atoms with van der Waals surface area (Å²) >= 11 is 0. The lowest BCUT2D eigenvalue weighted by Crippen LogP contribution is -2.30. The van der Waals surface area contributed by atoms with Gasteiger partial charge in [0, 0.05) is 25.7 Å². The number of aliphatic hydroxyl groups excluding tert-OH is 1. The van der Waals surface area contributed by atoms with Crippen LogP contribution >= 0.6 is 15.6 Å². The molecule has 0 heterocycles. The van der Waals surface area contributed by atoms with Crippen molar-refractivity contribution >= 4 is 39.5 Å². The number of aliphatic hydroxyl groups is 1. The number of carbonyl (C=O) groups excluding carboxylic acids is 4. The third kappa shape index (κ3) is 69.0. The van der Waals surface area contributed by atoms with Crippen molar-refractivity contribution in [2.24, 2.45) is 11.8 Å². The minimum absolute atomic E-state index is 0.107. The second-order valence-electron chi connectivity index (χ2n) is 28.1. The average Bonchev–Trinajstić information content (AvgIpc) is 3.25. The summed E-state index contributed by atoms with van der Waals surface area (Å²) in [6.07, 6.45) is 55.3. The molecule has 0 aromatic heterocycles. The van der Waals surface area contributed by atoms with E-state index >= 15 is 0 Å². The molecule has 19 heteroatoms. The maximum Gasteiger partial charge on any atom is 0.472 e. The Kier molecular flexibility index (Phi) is 66.5. The Morgan fingerprint density at radius 3 is 0.800 bits per heavy atom. The molecule has 95 heavy (non-hydrogen) atoms. The molecule has 0 fully saturated rings. The van der Waals surface area contributed by atoms with E-state index in [0.717, 1.165) is 102 Å². The molecule has 3 unspecified atom stereocenters. The van der Waals surface area contributed by atoms with Gasteiger partial charge in [-0.05, 0) is 37.5 Å². The molecule has 0 aliphatic heterocycles. The monoisotopic (exact) mass is 1400 g/mol. The van der Waals surface area contributed by atoms with Crippen molar-refractivity contribution in [2.45, 2.75) is 413 Å². The molecule has 0 rings (SSSR count). The Morgan fingerprint density at radius 1 is 0.305 bits per heavy atom. The molecular formula is C76H148O17P2. The van der Waals surface area contributed by atoms with Crippen molar-refractivity contribution in [3.8, 4) is 0 Å². The summed E-state index contributed by atoms with van der Waals surface area (Å²) < 4.78 is 68.6. The number of esters is 4. The van der Waals surface area contributed by atoms with Crippen molar-refractivity contribution in [1.29, 1.82) is 0 Å². The molecule has 0 saturated heterocycles. The van der Waals surface area contributed by atoms with Crippen LogP contribution in [0.1, 0.15) is 395 Å². The Morgan fingerprint density at radius 2 is 0.537 bits per heavy atom. The summed E-state index contributed by atoms with van der Waals surface area (Å²) in [6, 6.07) is 0. The van der Waals surface area contributed by atoms with E-state index in [1.165, 1.54) is 212 Å². The second kappa shape index (κ2) is 67.9. The van der Waals surface area contributed by atoms with E-state index < -0.39 is 97.5 Å². The maximum atomic E-state index is 13.1. The number of hydrogen-bond donors (Lipinski definition) is 3. The zero-order valence-corrected chi connectivity index (χ0v) is 63.8. The number of ether oxygens (including phenoxy) is 4. The highest BCUT2D eigenvalue weighted by atomic mass is 31.2. The Hall–Kier alpha value is -1.94. The van der Waals surface area contributed by atoms with Gasteiger partial charge in [0.25, 0.3) is 0 Å². The third-order valence-corrected chi connectivity index (χ3v) is 20.0. The molecule has 3 N–H and O–H groups in total. The minimum atomic E-state index is -4.96. The van der Waals surface area contributed by atoms with E-state index in [0.29, 0.717) is 25.7 Å². The second-order valence-corrected chi connectivity index (χ2v) is 31.0. The van der Waals surface area contributed by atoms with E-state index in [9.17, 15) is 43.2 Å². The molecule has 6 atom stereocenters. The number of rotatable bonds is 75. The summed E-state index contributed by atoms with van der Waals surface area (Å²) in [5.74, 6) is -0.577. The van der Waals surface area contributed by atoms with Gasteiger partial charge in [-0.15, -0.1) is 0 Å². The first kappa shape index (κ1) is 93.1. The lowest BCUT2D eigenvalue weighted by Gasteiger charge is -2.21. The molecule has 0 amide bonds. The van der Waals surface area contributed by atoms with E-state index in [4.69, 9.17) is 37.0 Å². The van der Waals surface area contributed by atoms with Crippen LogP contribution in [0.15, 0.2) is 0 Å². The summed E-state index contributed by atoms with van der Waals surface area (Å²) in [5, 5.41) is 10.6. The summed E-state index contributed by atoms with van der Waals surface area (Å²) in [6.45, 7) is 9.60. The van der Waals surface area contributed by atoms with Crippen molar-refractivity contribution in [3.05, 3.63) is 0 Å². The normalized spacial score (nSPS) is 14.3. The molecule has 0 aliphatic carbocycles. The minimum Gasteiger partial charge on any atom is -0.462 e. The van der Waals surface area contributed by atoms with Crippen LogP contribution in [0, 0.1) is 11.8 Å². The summed E-state index contributed by atoms with van der Waals surface area (Å²) in [7, 11) is -9.91. The predicted molar refractivity (Wildman–Crippen MR) is 386 cm³/mol. The van der Waals surface area contributed by atoms with Gasteiger partial charge in [0.05, 0.1) is 26.4 Å². The fourth-order valence-corrected chi connectivity index (χ4v) is 13.2. The lowest BCUT2D eigenvalue weighted by atomic mass is 9.99. The van der Waals surface area contributed by atoms with Gasteiger partial charge in [-0.1, -0.05) is 343 Å². The van der Waals surface area contributed by atoms with Gasteiger partial charge in [0.2, 0.25) is 0 Å². The third-order valence-electron chi connectivity index (χ3n) is 18.1. The van der Waals surface area contributed by atoms with Gasteiger partial charge in [0.1, 0.15) is 19.3 Å². The fraction of sp³-hybridized carbons (Fsp3) is 0.947. The van der Waals surface area contributed by atoms with Crippen molar-refractivity contribution in [1.82, 2.24) is 0 Å². The van der Waals surface area contributed by atoms with Gasteiger partial charge in [-0.3, -0.25) is 37.3 Å². The quantitative estimate of drug-likeness (QED) is 0.0222. The molecule has 0 aliphatic rings. The zero-order chi connectivity index (χ0) is 70.0. The van der Waals surface area contributed by atoms with Crippen LogP contribution in [-0.4, -0.2) is 96.7 Å². The van der Waals surface area contributed by atoms with E-state index in [1.54, 1.807) is 0 Å². The highest BCUT2D eigenvalue weighted by Crippen LogP contribution is 2.45. The zero-order valence-electron chi connectivity index (χ0n) is 62.0. The molecule has 0 spiro atoms. The highest BCUT2D eigenvalue weighted by Gasteiger charge is 2.30. The number of phosphoric ester groups is 2. The van der Waals surface area contributed by atoms with Crippen LogP contribution in [0.25, 0.3) is 0 Å². The predicted octanol–water partition coefficient (Wildman–Crippen LogP) is 22.3. The molecule has 564 valence electrons. The van der Waals surface area contributed by atoms with Gasteiger partial charge < -0.3 is 33.8 Å².